The van der Waals surface area contributed by atoms with Gasteiger partial charge < -0.3 is 9.84 Å². The minimum Gasteiger partial charge on any atom is -0.507 e. The molecule has 1 amide bonds. The summed E-state index contributed by atoms with van der Waals surface area (Å²) in [6, 6.07) is 17.0. The number of hydrogen-bond donors (Lipinski definition) is 1. The number of aliphatic hydroxyl groups excluding tert-OH is 1. The third kappa shape index (κ3) is 4.51. The fourth-order valence-electron chi connectivity index (χ4n) is 4.29. The van der Waals surface area contributed by atoms with Crippen LogP contribution in [-0.4, -0.2) is 28.4 Å². The lowest BCUT2D eigenvalue weighted by Gasteiger charge is -2.23. The van der Waals surface area contributed by atoms with Crippen LogP contribution in [0, 0.1) is 5.82 Å². The highest BCUT2D eigenvalue weighted by Crippen LogP contribution is 2.44. The van der Waals surface area contributed by atoms with Gasteiger partial charge in [0.1, 0.15) is 23.9 Å². The Labute approximate surface area is 217 Å². The second-order valence-electron chi connectivity index (χ2n) is 8.50. The molecule has 1 atom stereocenters. The normalized spacial score (nSPS) is 16.9. The summed E-state index contributed by atoms with van der Waals surface area (Å²) < 4.78 is 20.0. The number of hydrogen-bond acceptors (Lipinski definition) is 6. The Morgan fingerprint density at radius 2 is 1.86 bits per heavy atom. The Morgan fingerprint density at radius 3 is 2.54 bits per heavy atom. The SMILES string of the molecule is C=CCOc1ccc(C2C(=C(O)c3ccc(F)cc3)C(=O)C(=O)N2c2nc3ccc(CC)cc3s2)cc1. The molecule has 6 nitrogen and oxygen atoms in total. The number of anilines is 1. The van der Waals surface area contributed by atoms with E-state index < -0.39 is 23.5 Å². The van der Waals surface area contributed by atoms with Gasteiger partial charge in [0.15, 0.2) is 5.13 Å². The first-order chi connectivity index (χ1) is 17.9. The van der Waals surface area contributed by atoms with E-state index in [-0.39, 0.29) is 16.9 Å². The average Bonchev–Trinajstić information content (AvgIpc) is 3.45. The lowest BCUT2D eigenvalue weighted by Crippen LogP contribution is -2.29. The largest absolute Gasteiger partial charge is 0.507 e. The van der Waals surface area contributed by atoms with Crippen LogP contribution in [-0.2, 0) is 16.0 Å². The van der Waals surface area contributed by atoms with Crippen molar-refractivity contribution < 1.29 is 23.8 Å². The predicted molar refractivity (Wildman–Crippen MR) is 142 cm³/mol. The number of ketones is 1. The van der Waals surface area contributed by atoms with Crippen LogP contribution in [0.4, 0.5) is 9.52 Å². The fraction of sp³-hybridized carbons (Fsp3) is 0.138. The molecule has 3 aromatic carbocycles. The molecular formula is C29H23FN2O4S. The van der Waals surface area contributed by atoms with Crippen molar-refractivity contribution in [1.82, 2.24) is 4.98 Å². The van der Waals surface area contributed by atoms with E-state index in [4.69, 9.17) is 4.74 Å². The van der Waals surface area contributed by atoms with E-state index in [1.165, 1.54) is 40.5 Å². The molecule has 1 aliphatic heterocycles. The first-order valence-electron chi connectivity index (χ1n) is 11.7. The number of amides is 1. The van der Waals surface area contributed by atoms with Gasteiger partial charge in [-0.05, 0) is 66.1 Å². The molecular weight excluding hydrogens is 491 g/mol. The van der Waals surface area contributed by atoms with Crippen molar-refractivity contribution in [1.29, 1.82) is 0 Å². The monoisotopic (exact) mass is 514 g/mol. The zero-order valence-electron chi connectivity index (χ0n) is 20.0. The van der Waals surface area contributed by atoms with Crippen molar-refractivity contribution in [2.24, 2.45) is 0 Å². The predicted octanol–water partition coefficient (Wildman–Crippen LogP) is 6.19. The number of rotatable bonds is 7. The van der Waals surface area contributed by atoms with Crippen LogP contribution in [0.5, 0.6) is 5.75 Å². The van der Waals surface area contributed by atoms with Crippen molar-refractivity contribution in [2.75, 3.05) is 11.5 Å². The maximum atomic E-state index is 13.5. The molecule has 1 aromatic heterocycles. The number of benzene rings is 3. The summed E-state index contributed by atoms with van der Waals surface area (Å²) in [6.07, 6.45) is 2.48. The minimum atomic E-state index is -0.940. The van der Waals surface area contributed by atoms with Gasteiger partial charge in [0.05, 0.1) is 21.8 Å². The van der Waals surface area contributed by atoms with Gasteiger partial charge in [-0.3, -0.25) is 14.5 Å². The molecule has 8 heteroatoms. The third-order valence-corrected chi connectivity index (χ3v) is 7.20. The standard InChI is InChI=1S/C29H23FN2O4S/c1-3-15-36-21-12-8-18(9-13-21)25-24(26(33)19-6-10-20(30)11-7-19)27(34)28(35)32(25)29-31-22-14-5-17(4-2)16-23(22)37-29/h3,5-14,16,25,33H,1,4,15H2,2H3. The maximum Gasteiger partial charge on any atom is 0.301 e. The van der Waals surface area contributed by atoms with E-state index in [9.17, 15) is 19.1 Å². The molecule has 1 fully saturated rings. The number of Topliss-reactive ketones (excluding diaryl/α,β-unsaturated/α-hetero) is 1. The highest BCUT2D eigenvalue weighted by atomic mass is 32.1. The summed E-state index contributed by atoms with van der Waals surface area (Å²) in [4.78, 5) is 32.7. The van der Waals surface area contributed by atoms with E-state index in [0.29, 0.717) is 28.6 Å². The van der Waals surface area contributed by atoms with E-state index >= 15 is 0 Å². The van der Waals surface area contributed by atoms with Gasteiger partial charge in [-0.25, -0.2) is 9.37 Å². The van der Waals surface area contributed by atoms with Gasteiger partial charge in [-0.15, -0.1) is 0 Å². The van der Waals surface area contributed by atoms with Crippen LogP contribution in [0.3, 0.4) is 0 Å². The first-order valence-corrected chi connectivity index (χ1v) is 12.5. The summed E-state index contributed by atoms with van der Waals surface area (Å²) in [5.74, 6) is -1.91. The van der Waals surface area contributed by atoms with Crippen molar-refractivity contribution in [2.45, 2.75) is 19.4 Å². The molecule has 0 bridgehead atoms. The summed E-state index contributed by atoms with van der Waals surface area (Å²) in [6.45, 7) is 6.02. The number of nitrogens with zero attached hydrogens (tertiary/aromatic N) is 2. The van der Waals surface area contributed by atoms with Crippen LogP contribution in [0.25, 0.3) is 16.0 Å². The van der Waals surface area contributed by atoms with Crippen molar-refractivity contribution in [3.63, 3.8) is 0 Å². The van der Waals surface area contributed by atoms with E-state index in [2.05, 4.69) is 18.5 Å². The summed E-state index contributed by atoms with van der Waals surface area (Å²) in [5, 5.41) is 11.5. The number of ether oxygens (including phenoxy) is 1. The van der Waals surface area contributed by atoms with Gasteiger partial charge in [0.25, 0.3) is 5.78 Å². The fourth-order valence-corrected chi connectivity index (χ4v) is 5.35. The summed E-state index contributed by atoms with van der Waals surface area (Å²) in [5.41, 5.74) is 2.57. The number of carbonyl (C=O) groups excluding carboxylic acids is 2. The molecule has 1 saturated heterocycles. The lowest BCUT2D eigenvalue weighted by atomic mass is 9.95. The molecule has 0 aliphatic carbocycles. The molecule has 5 rings (SSSR count). The number of aliphatic hydroxyl groups is 1. The molecule has 2 heterocycles. The second-order valence-corrected chi connectivity index (χ2v) is 9.51. The van der Waals surface area contributed by atoms with E-state index in [1.54, 1.807) is 30.3 Å². The van der Waals surface area contributed by atoms with Crippen molar-refractivity contribution >= 4 is 44.1 Å². The van der Waals surface area contributed by atoms with Crippen molar-refractivity contribution in [3.05, 3.63) is 107 Å². The zero-order chi connectivity index (χ0) is 26.1. The molecule has 1 unspecified atom stereocenters. The smallest absolute Gasteiger partial charge is 0.301 e. The second kappa shape index (κ2) is 9.99. The van der Waals surface area contributed by atoms with E-state index in [0.717, 1.165) is 16.7 Å². The van der Waals surface area contributed by atoms with Gasteiger partial charge in [0.2, 0.25) is 0 Å². The average molecular weight is 515 g/mol. The summed E-state index contributed by atoms with van der Waals surface area (Å²) in [7, 11) is 0. The number of fused-ring (bicyclic) bond motifs is 1. The molecule has 0 spiro atoms. The molecule has 1 N–H and O–H groups in total. The topological polar surface area (TPSA) is 79.7 Å². The highest BCUT2D eigenvalue weighted by Gasteiger charge is 2.48. The maximum absolute atomic E-state index is 13.5. The minimum absolute atomic E-state index is 0.0927. The molecule has 186 valence electrons. The van der Waals surface area contributed by atoms with Crippen LogP contribution in [0.1, 0.15) is 29.7 Å². The van der Waals surface area contributed by atoms with Crippen LogP contribution >= 0.6 is 11.3 Å². The first kappa shape index (κ1) is 24.4. The zero-order valence-corrected chi connectivity index (χ0v) is 20.8. The lowest BCUT2D eigenvalue weighted by molar-refractivity contribution is -0.132. The Balaban J connectivity index is 1.67. The molecule has 0 saturated carbocycles. The van der Waals surface area contributed by atoms with Crippen LogP contribution in [0.2, 0.25) is 0 Å². The Hall–Kier alpha value is -4.30. The Bertz CT molecular complexity index is 1540. The number of aryl methyl sites for hydroxylation is 1. The van der Waals surface area contributed by atoms with Crippen LogP contribution in [0.15, 0.2) is 85.0 Å². The van der Waals surface area contributed by atoms with Gasteiger partial charge >= 0.3 is 5.91 Å². The summed E-state index contributed by atoms with van der Waals surface area (Å²) >= 11 is 1.31. The van der Waals surface area contributed by atoms with Crippen molar-refractivity contribution in [3.8, 4) is 5.75 Å². The quantitative estimate of drug-likeness (QED) is 0.138. The third-order valence-electron chi connectivity index (χ3n) is 6.18. The van der Waals surface area contributed by atoms with Gasteiger partial charge in [-0.1, -0.05) is 49.1 Å². The number of halogens is 1. The molecule has 0 radical (unpaired) electrons. The number of aromatic nitrogens is 1. The number of thiazole rings is 1. The Kier molecular flexibility index (Phi) is 6.58. The van der Waals surface area contributed by atoms with Gasteiger partial charge in [0, 0.05) is 5.56 Å². The molecule has 37 heavy (non-hydrogen) atoms. The molecule has 1 aliphatic rings. The highest BCUT2D eigenvalue weighted by molar-refractivity contribution is 7.22. The Morgan fingerprint density at radius 1 is 1.14 bits per heavy atom. The molecule has 4 aromatic rings. The van der Waals surface area contributed by atoms with E-state index in [1.807, 2.05) is 18.2 Å². The van der Waals surface area contributed by atoms with Crippen LogP contribution < -0.4 is 9.64 Å². The van der Waals surface area contributed by atoms with Gasteiger partial charge in [-0.2, -0.15) is 0 Å². The number of carbonyl (C=O) groups is 2.